The molecule has 0 saturated heterocycles. The molecule has 0 aliphatic heterocycles. The molecule has 6 nitrogen and oxygen atoms in total. The third kappa shape index (κ3) is 3.94. The number of aryl methyl sites for hydroxylation is 2. The first-order valence-electron chi connectivity index (χ1n) is 8.50. The summed E-state index contributed by atoms with van der Waals surface area (Å²) in [5, 5.41) is 4.28. The average Bonchev–Trinajstić information content (AvgIpc) is 3.22. The first kappa shape index (κ1) is 18.1. The summed E-state index contributed by atoms with van der Waals surface area (Å²) in [6.45, 7) is 6.08. The predicted octanol–water partition coefficient (Wildman–Crippen LogP) is 3.65. The van der Waals surface area contributed by atoms with E-state index in [-0.39, 0.29) is 11.7 Å². The third-order valence-corrected chi connectivity index (χ3v) is 4.18. The lowest BCUT2D eigenvalue weighted by Gasteiger charge is -2.13. The van der Waals surface area contributed by atoms with E-state index in [1.807, 2.05) is 31.0 Å². The molecule has 1 aromatic carbocycles. The number of methoxy groups -OCH3 is 1. The topological polar surface area (TPSA) is 56.3 Å². The fourth-order valence-corrected chi connectivity index (χ4v) is 2.77. The van der Waals surface area contributed by atoms with Crippen LogP contribution < -0.4 is 4.74 Å². The Balaban J connectivity index is 1.75. The van der Waals surface area contributed by atoms with Crippen molar-refractivity contribution in [2.24, 2.45) is 0 Å². The van der Waals surface area contributed by atoms with Gasteiger partial charge in [0.15, 0.2) is 0 Å². The molecule has 0 bridgehead atoms. The van der Waals surface area contributed by atoms with Gasteiger partial charge >= 0.3 is 0 Å². The van der Waals surface area contributed by atoms with Gasteiger partial charge in [0.25, 0.3) is 0 Å². The lowest BCUT2D eigenvalue weighted by Crippen LogP contribution is -2.17. The molecule has 7 heteroatoms. The molecule has 0 atom stereocenters. The van der Waals surface area contributed by atoms with Gasteiger partial charge in [0, 0.05) is 31.4 Å². The van der Waals surface area contributed by atoms with Crippen LogP contribution in [0.2, 0.25) is 0 Å². The Labute approximate surface area is 152 Å². The summed E-state index contributed by atoms with van der Waals surface area (Å²) in [6, 6.07) is 4.51. The van der Waals surface area contributed by atoms with Crippen LogP contribution in [0.3, 0.4) is 0 Å². The molecule has 0 spiro atoms. The minimum atomic E-state index is -0.390. The predicted molar refractivity (Wildman–Crippen MR) is 96.3 cm³/mol. The van der Waals surface area contributed by atoms with Crippen molar-refractivity contribution < 1.29 is 13.5 Å². The summed E-state index contributed by atoms with van der Waals surface area (Å²) < 4.78 is 26.9. The Morgan fingerprint density at radius 3 is 2.81 bits per heavy atom. The van der Waals surface area contributed by atoms with Crippen LogP contribution in [0.5, 0.6) is 5.75 Å². The molecule has 0 N–H and O–H groups in total. The van der Waals surface area contributed by atoms with Gasteiger partial charge in [-0.1, -0.05) is 0 Å². The van der Waals surface area contributed by atoms with Crippen LogP contribution in [0, 0.1) is 12.7 Å². The quantitative estimate of drug-likeness (QED) is 0.645. The van der Waals surface area contributed by atoms with Crippen LogP contribution in [-0.4, -0.2) is 33.8 Å². The van der Waals surface area contributed by atoms with Crippen molar-refractivity contribution in [1.29, 1.82) is 0 Å². The fourth-order valence-electron chi connectivity index (χ4n) is 2.77. The van der Waals surface area contributed by atoms with E-state index in [2.05, 4.69) is 21.9 Å². The summed E-state index contributed by atoms with van der Waals surface area (Å²) in [6.07, 6.45) is 3.90. The van der Waals surface area contributed by atoms with Gasteiger partial charge in [0.2, 0.25) is 5.89 Å². The van der Waals surface area contributed by atoms with Gasteiger partial charge in [-0.2, -0.15) is 5.10 Å². The molecule has 0 amide bonds. The van der Waals surface area contributed by atoms with Gasteiger partial charge in [-0.05, 0) is 39.1 Å². The highest BCUT2D eigenvalue weighted by Crippen LogP contribution is 2.28. The van der Waals surface area contributed by atoms with Crippen LogP contribution in [-0.2, 0) is 19.6 Å². The number of aromatic nitrogens is 3. The number of benzene rings is 1. The van der Waals surface area contributed by atoms with Gasteiger partial charge < -0.3 is 9.15 Å². The van der Waals surface area contributed by atoms with E-state index < -0.39 is 0 Å². The molecule has 2 aromatic heterocycles. The number of nitrogens with zero attached hydrogens (tertiary/aromatic N) is 4. The number of halogens is 1. The highest BCUT2D eigenvalue weighted by Gasteiger charge is 2.17. The summed E-state index contributed by atoms with van der Waals surface area (Å²) in [4.78, 5) is 6.61. The van der Waals surface area contributed by atoms with Crippen LogP contribution in [0.4, 0.5) is 4.39 Å². The van der Waals surface area contributed by atoms with Crippen molar-refractivity contribution in [2.45, 2.75) is 33.5 Å². The van der Waals surface area contributed by atoms with Crippen molar-refractivity contribution in [3.8, 4) is 17.2 Å². The van der Waals surface area contributed by atoms with E-state index in [1.165, 1.54) is 6.07 Å². The van der Waals surface area contributed by atoms with E-state index in [1.54, 1.807) is 19.2 Å². The SMILES string of the molecule is CCn1cc(CN(C)Cc2nc(-c3cc(OC)ccc3F)oc2C)cn1. The van der Waals surface area contributed by atoms with Gasteiger partial charge in [0.05, 0.1) is 24.6 Å². The standard InChI is InChI=1S/C19H23FN4O2/c1-5-24-11-14(9-21-24)10-23(3)12-18-13(2)26-19(22-18)16-8-15(25-4)6-7-17(16)20/h6-9,11H,5,10,12H2,1-4H3. The van der Waals surface area contributed by atoms with Gasteiger partial charge in [-0.25, -0.2) is 9.37 Å². The van der Waals surface area contributed by atoms with Crippen LogP contribution >= 0.6 is 0 Å². The van der Waals surface area contributed by atoms with Crippen LogP contribution in [0.15, 0.2) is 35.0 Å². The Bertz CT molecular complexity index is 888. The second-order valence-electron chi connectivity index (χ2n) is 6.24. The lowest BCUT2D eigenvalue weighted by atomic mass is 10.2. The van der Waals surface area contributed by atoms with Gasteiger partial charge in [0.1, 0.15) is 17.3 Å². The largest absolute Gasteiger partial charge is 0.497 e. The Hall–Kier alpha value is -2.67. The molecule has 26 heavy (non-hydrogen) atoms. The maximum absolute atomic E-state index is 14.1. The molecule has 2 heterocycles. The molecule has 3 rings (SSSR count). The number of ether oxygens (including phenoxy) is 1. The summed E-state index contributed by atoms with van der Waals surface area (Å²) in [7, 11) is 3.54. The van der Waals surface area contributed by atoms with Crippen molar-refractivity contribution in [2.75, 3.05) is 14.2 Å². The van der Waals surface area contributed by atoms with E-state index in [0.29, 0.717) is 23.6 Å². The fraction of sp³-hybridized carbons (Fsp3) is 0.368. The Morgan fingerprint density at radius 1 is 1.31 bits per heavy atom. The number of rotatable bonds is 7. The molecule has 0 fully saturated rings. The Morgan fingerprint density at radius 2 is 2.12 bits per heavy atom. The maximum Gasteiger partial charge on any atom is 0.229 e. The highest BCUT2D eigenvalue weighted by atomic mass is 19.1. The lowest BCUT2D eigenvalue weighted by molar-refractivity contribution is 0.313. The van der Waals surface area contributed by atoms with Crippen molar-refractivity contribution in [3.63, 3.8) is 0 Å². The smallest absolute Gasteiger partial charge is 0.229 e. The highest BCUT2D eigenvalue weighted by molar-refractivity contribution is 5.57. The molecule has 0 radical (unpaired) electrons. The molecular formula is C19H23FN4O2. The molecule has 0 aliphatic rings. The molecule has 0 aliphatic carbocycles. The van der Waals surface area contributed by atoms with Crippen LogP contribution in [0.1, 0.15) is 23.9 Å². The van der Waals surface area contributed by atoms with E-state index in [4.69, 9.17) is 9.15 Å². The zero-order valence-corrected chi connectivity index (χ0v) is 15.5. The summed E-state index contributed by atoms with van der Waals surface area (Å²) >= 11 is 0. The molecule has 3 aromatic rings. The molecular weight excluding hydrogens is 335 g/mol. The van der Waals surface area contributed by atoms with Crippen molar-refractivity contribution in [3.05, 3.63) is 53.4 Å². The molecule has 0 saturated carbocycles. The van der Waals surface area contributed by atoms with Crippen molar-refractivity contribution >= 4 is 0 Å². The minimum absolute atomic E-state index is 0.265. The van der Waals surface area contributed by atoms with Gasteiger partial charge in [-0.3, -0.25) is 9.58 Å². The minimum Gasteiger partial charge on any atom is -0.497 e. The third-order valence-electron chi connectivity index (χ3n) is 4.18. The normalized spacial score (nSPS) is 11.3. The average molecular weight is 358 g/mol. The number of hydrogen-bond donors (Lipinski definition) is 0. The van der Waals surface area contributed by atoms with Crippen molar-refractivity contribution in [1.82, 2.24) is 19.7 Å². The van der Waals surface area contributed by atoms with Crippen LogP contribution in [0.25, 0.3) is 11.5 Å². The Kier molecular flexibility index (Phi) is 5.37. The maximum atomic E-state index is 14.1. The zero-order chi connectivity index (χ0) is 18.7. The zero-order valence-electron chi connectivity index (χ0n) is 15.5. The summed E-state index contributed by atoms with van der Waals surface area (Å²) in [5.74, 6) is 1.11. The van der Waals surface area contributed by atoms with E-state index in [9.17, 15) is 4.39 Å². The molecule has 138 valence electrons. The first-order valence-corrected chi connectivity index (χ1v) is 8.50. The second-order valence-corrected chi connectivity index (χ2v) is 6.24. The summed E-state index contributed by atoms with van der Waals surface area (Å²) in [5.41, 5.74) is 2.22. The number of oxazole rings is 1. The van der Waals surface area contributed by atoms with E-state index in [0.717, 1.165) is 24.3 Å². The first-order chi connectivity index (χ1) is 12.5. The number of hydrogen-bond acceptors (Lipinski definition) is 5. The molecule has 0 unspecified atom stereocenters. The van der Waals surface area contributed by atoms with E-state index >= 15 is 0 Å². The second kappa shape index (κ2) is 7.70. The monoisotopic (exact) mass is 358 g/mol. The van der Waals surface area contributed by atoms with Gasteiger partial charge in [-0.15, -0.1) is 0 Å².